The number of hydrogen-bond acceptors (Lipinski definition) is 2. The van der Waals surface area contributed by atoms with Gasteiger partial charge >= 0.3 is 6.18 Å². The summed E-state index contributed by atoms with van der Waals surface area (Å²) in [6.07, 6.45) is 1.42. The number of benzene rings is 2. The highest BCUT2D eigenvalue weighted by Gasteiger charge is 2.30. The van der Waals surface area contributed by atoms with Crippen molar-refractivity contribution in [3.8, 4) is 0 Å². The van der Waals surface area contributed by atoms with E-state index in [4.69, 9.17) is 4.74 Å². The summed E-state index contributed by atoms with van der Waals surface area (Å²) in [4.78, 5) is 14.6. The Morgan fingerprint density at radius 1 is 1.06 bits per heavy atom. The normalized spacial score (nSPS) is 11.8. The van der Waals surface area contributed by atoms with E-state index in [-0.39, 0.29) is 12.5 Å². The Kier molecular flexibility index (Phi) is 8.49. The van der Waals surface area contributed by atoms with Gasteiger partial charge in [-0.15, -0.1) is 0 Å². The quantitative estimate of drug-likeness (QED) is 0.293. The summed E-state index contributed by atoms with van der Waals surface area (Å²) in [7, 11) is 1.61. The van der Waals surface area contributed by atoms with Crippen molar-refractivity contribution in [1.82, 2.24) is 9.47 Å². The summed E-state index contributed by atoms with van der Waals surface area (Å²) in [5.41, 5.74) is 1.64. The molecule has 0 spiro atoms. The highest BCUT2D eigenvalue weighted by atomic mass is 19.4. The number of aromatic nitrogens is 1. The van der Waals surface area contributed by atoms with E-state index < -0.39 is 11.7 Å². The van der Waals surface area contributed by atoms with Gasteiger partial charge in [-0.05, 0) is 47.9 Å². The molecule has 0 bridgehead atoms. The van der Waals surface area contributed by atoms with Gasteiger partial charge in [-0.1, -0.05) is 42.5 Å². The van der Waals surface area contributed by atoms with E-state index in [0.29, 0.717) is 31.7 Å². The molecular formula is C26H27F3N2O2. The minimum absolute atomic E-state index is 0.137. The van der Waals surface area contributed by atoms with Gasteiger partial charge in [0.25, 0.3) is 0 Å². The first kappa shape index (κ1) is 24.3. The largest absolute Gasteiger partial charge is 0.416 e. The number of hydrogen-bond donors (Lipinski definition) is 0. The van der Waals surface area contributed by atoms with Crippen LogP contribution in [0.3, 0.4) is 0 Å². The molecule has 0 aliphatic heterocycles. The van der Waals surface area contributed by atoms with Gasteiger partial charge in [0, 0.05) is 44.8 Å². The van der Waals surface area contributed by atoms with Gasteiger partial charge < -0.3 is 14.2 Å². The lowest BCUT2D eigenvalue weighted by Gasteiger charge is -2.22. The van der Waals surface area contributed by atoms with Crippen LogP contribution in [0.5, 0.6) is 0 Å². The molecule has 2 aromatic carbocycles. The second-order valence-electron chi connectivity index (χ2n) is 7.68. The molecule has 0 atom stereocenters. The van der Waals surface area contributed by atoms with Crippen LogP contribution in [-0.2, 0) is 28.8 Å². The van der Waals surface area contributed by atoms with E-state index >= 15 is 0 Å². The zero-order valence-corrected chi connectivity index (χ0v) is 18.5. The van der Waals surface area contributed by atoms with Crippen LogP contribution in [0, 0.1) is 0 Å². The van der Waals surface area contributed by atoms with Gasteiger partial charge in [0.2, 0.25) is 5.91 Å². The molecule has 0 aliphatic rings. The van der Waals surface area contributed by atoms with Crippen molar-refractivity contribution in [2.75, 3.05) is 20.3 Å². The fourth-order valence-corrected chi connectivity index (χ4v) is 3.49. The number of ether oxygens (including phenoxy) is 1. The lowest BCUT2D eigenvalue weighted by Crippen LogP contribution is -2.31. The predicted octanol–water partition coefficient (Wildman–Crippen LogP) is 5.63. The highest BCUT2D eigenvalue weighted by Crippen LogP contribution is 2.29. The van der Waals surface area contributed by atoms with Crippen LogP contribution in [0.25, 0.3) is 6.08 Å². The topological polar surface area (TPSA) is 34.5 Å². The summed E-state index contributed by atoms with van der Waals surface area (Å²) in [6.45, 7) is 1.65. The Morgan fingerprint density at radius 2 is 1.85 bits per heavy atom. The predicted molar refractivity (Wildman–Crippen MR) is 122 cm³/mol. The lowest BCUT2D eigenvalue weighted by atomic mass is 10.1. The number of alkyl halides is 3. The molecular weight excluding hydrogens is 429 g/mol. The fourth-order valence-electron chi connectivity index (χ4n) is 3.49. The van der Waals surface area contributed by atoms with Gasteiger partial charge in [-0.3, -0.25) is 4.79 Å². The van der Waals surface area contributed by atoms with Crippen LogP contribution < -0.4 is 0 Å². The third-order valence-corrected chi connectivity index (χ3v) is 5.19. The maximum atomic E-state index is 13.1. The van der Waals surface area contributed by atoms with E-state index in [1.165, 1.54) is 6.07 Å². The minimum atomic E-state index is -4.38. The van der Waals surface area contributed by atoms with Crippen LogP contribution in [-0.4, -0.2) is 35.6 Å². The van der Waals surface area contributed by atoms with Crippen LogP contribution in [0.2, 0.25) is 0 Å². The number of amides is 1. The average Bonchev–Trinajstić information content (AvgIpc) is 3.23. The van der Waals surface area contributed by atoms with Gasteiger partial charge in [0.1, 0.15) is 0 Å². The molecule has 174 valence electrons. The number of methoxy groups -OCH3 is 1. The molecule has 0 saturated carbocycles. The van der Waals surface area contributed by atoms with E-state index in [2.05, 4.69) is 0 Å². The first-order chi connectivity index (χ1) is 15.9. The lowest BCUT2D eigenvalue weighted by molar-refractivity contribution is -0.137. The molecule has 3 aromatic rings. The van der Waals surface area contributed by atoms with E-state index in [9.17, 15) is 18.0 Å². The molecule has 7 heteroatoms. The first-order valence-corrected chi connectivity index (χ1v) is 10.7. The Morgan fingerprint density at radius 3 is 2.58 bits per heavy atom. The summed E-state index contributed by atoms with van der Waals surface area (Å²) in [6, 6.07) is 18.6. The molecule has 0 N–H and O–H groups in total. The molecule has 0 saturated heterocycles. The molecule has 1 aromatic heterocycles. The Balaban J connectivity index is 1.75. The molecule has 1 amide bonds. The average molecular weight is 457 g/mol. The summed E-state index contributed by atoms with van der Waals surface area (Å²) < 4.78 is 46.2. The van der Waals surface area contributed by atoms with Crippen molar-refractivity contribution >= 4 is 12.0 Å². The first-order valence-electron chi connectivity index (χ1n) is 10.7. The van der Waals surface area contributed by atoms with Crippen molar-refractivity contribution in [2.45, 2.75) is 25.7 Å². The van der Waals surface area contributed by atoms with Crippen molar-refractivity contribution in [3.05, 3.63) is 101 Å². The molecule has 0 fully saturated rings. The number of nitrogens with zero attached hydrogens (tertiary/aromatic N) is 2. The van der Waals surface area contributed by atoms with Crippen molar-refractivity contribution in [3.63, 3.8) is 0 Å². The molecule has 0 unspecified atom stereocenters. The molecule has 1 heterocycles. The van der Waals surface area contributed by atoms with Crippen molar-refractivity contribution < 1.29 is 22.7 Å². The Bertz CT molecular complexity index is 1060. The number of rotatable bonds is 10. The molecule has 4 nitrogen and oxygen atoms in total. The Labute approximate surface area is 191 Å². The third kappa shape index (κ3) is 7.36. The Hall–Kier alpha value is -3.32. The maximum Gasteiger partial charge on any atom is 0.416 e. The maximum absolute atomic E-state index is 13.1. The van der Waals surface area contributed by atoms with E-state index in [1.54, 1.807) is 30.2 Å². The molecule has 0 radical (unpaired) electrons. The number of carbonyl (C=O) groups is 1. The van der Waals surface area contributed by atoms with Gasteiger partial charge in [0.15, 0.2) is 0 Å². The standard InChI is InChI=1S/C26H27F3N2O2/c1-33-17-7-16-31(25(32)14-13-21-8-3-2-4-9-21)20-24-12-6-15-30(24)19-22-10-5-11-23(18-22)26(27,28)29/h2-6,8-15,18H,7,16-17,19-20H2,1H3/b14-13+. The van der Waals surface area contributed by atoms with Crippen molar-refractivity contribution in [2.24, 2.45) is 0 Å². The summed E-state index contributed by atoms with van der Waals surface area (Å²) in [5.74, 6) is -0.137. The molecule has 3 rings (SSSR count). The highest BCUT2D eigenvalue weighted by molar-refractivity contribution is 5.91. The van der Waals surface area contributed by atoms with Crippen LogP contribution in [0.4, 0.5) is 13.2 Å². The van der Waals surface area contributed by atoms with Crippen LogP contribution in [0.1, 0.15) is 28.8 Å². The van der Waals surface area contributed by atoms with Crippen molar-refractivity contribution in [1.29, 1.82) is 0 Å². The van der Waals surface area contributed by atoms with E-state index in [0.717, 1.165) is 23.4 Å². The SMILES string of the molecule is COCCCN(Cc1cccn1Cc1cccc(C(F)(F)F)c1)C(=O)/C=C/c1ccccc1. The number of carbonyl (C=O) groups excluding carboxylic acids is 1. The molecule has 33 heavy (non-hydrogen) atoms. The fraction of sp³-hybridized carbons (Fsp3) is 0.269. The van der Waals surface area contributed by atoms with Crippen LogP contribution >= 0.6 is 0 Å². The molecule has 0 aliphatic carbocycles. The van der Waals surface area contributed by atoms with Gasteiger partial charge in [-0.2, -0.15) is 13.2 Å². The van der Waals surface area contributed by atoms with Gasteiger partial charge in [-0.25, -0.2) is 0 Å². The van der Waals surface area contributed by atoms with E-state index in [1.807, 2.05) is 53.2 Å². The number of halogens is 3. The second-order valence-corrected chi connectivity index (χ2v) is 7.68. The summed E-state index contributed by atoms with van der Waals surface area (Å²) >= 11 is 0. The smallest absolute Gasteiger partial charge is 0.385 e. The zero-order chi connectivity index (χ0) is 23.7. The van der Waals surface area contributed by atoms with Crippen LogP contribution in [0.15, 0.2) is 79.0 Å². The van der Waals surface area contributed by atoms with Gasteiger partial charge in [0.05, 0.1) is 12.1 Å². The third-order valence-electron chi connectivity index (χ3n) is 5.19. The zero-order valence-electron chi connectivity index (χ0n) is 18.5. The summed E-state index contributed by atoms with van der Waals surface area (Å²) in [5, 5.41) is 0. The second kappa shape index (κ2) is 11.5. The minimum Gasteiger partial charge on any atom is -0.385 e. The monoisotopic (exact) mass is 456 g/mol.